The Kier molecular flexibility index (Phi) is 5.04. The molecule has 2 N–H and O–H groups in total. The molecular weight excluding hydrogens is 170 g/mol. The number of nitrogens with two attached hydrogens (primary N) is 1. The van der Waals surface area contributed by atoms with Crippen molar-refractivity contribution in [1.29, 1.82) is 0 Å². The van der Waals surface area contributed by atoms with Crippen LogP contribution in [0.2, 0.25) is 0 Å². The van der Waals surface area contributed by atoms with Crippen molar-refractivity contribution in [3.63, 3.8) is 0 Å². The number of terminal acetylenes is 1. The van der Waals surface area contributed by atoms with Crippen LogP contribution in [0.1, 0.15) is 51.9 Å². The Bertz CT molecular complexity index is 184. The van der Waals surface area contributed by atoms with Gasteiger partial charge in [-0.15, -0.1) is 12.3 Å². The summed E-state index contributed by atoms with van der Waals surface area (Å²) in [6.07, 6.45) is 14.1. The van der Waals surface area contributed by atoms with Gasteiger partial charge in [-0.05, 0) is 24.7 Å². The first-order valence-corrected chi connectivity index (χ1v) is 5.97. The minimum atomic E-state index is 0.252. The Morgan fingerprint density at radius 1 is 1.36 bits per heavy atom. The Morgan fingerprint density at radius 2 is 2.00 bits per heavy atom. The van der Waals surface area contributed by atoms with Crippen LogP contribution < -0.4 is 5.73 Å². The van der Waals surface area contributed by atoms with Gasteiger partial charge < -0.3 is 5.73 Å². The fourth-order valence-corrected chi connectivity index (χ4v) is 2.62. The first-order valence-electron chi connectivity index (χ1n) is 5.97. The van der Waals surface area contributed by atoms with Crippen LogP contribution in [0.3, 0.4) is 0 Å². The van der Waals surface area contributed by atoms with Crippen molar-refractivity contribution in [2.75, 3.05) is 0 Å². The third-order valence-corrected chi connectivity index (χ3v) is 3.55. The molecule has 0 aliphatic heterocycles. The van der Waals surface area contributed by atoms with E-state index in [-0.39, 0.29) is 6.04 Å². The van der Waals surface area contributed by atoms with Gasteiger partial charge in [0, 0.05) is 12.5 Å². The van der Waals surface area contributed by atoms with Crippen LogP contribution in [-0.2, 0) is 0 Å². The van der Waals surface area contributed by atoms with E-state index in [9.17, 15) is 0 Å². The van der Waals surface area contributed by atoms with E-state index in [2.05, 4.69) is 12.8 Å². The third-order valence-electron chi connectivity index (χ3n) is 3.55. The second-order valence-electron chi connectivity index (χ2n) is 4.64. The van der Waals surface area contributed by atoms with Crippen molar-refractivity contribution in [2.24, 2.45) is 17.6 Å². The summed E-state index contributed by atoms with van der Waals surface area (Å²) in [6, 6.07) is 0.252. The quantitative estimate of drug-likeness (QED) is 0.683. The van der Waals surface area contributed by atoms with E-state index in [1.54, 1.807) is 0 Å². The largest absolute Gasteiger partial charge is 0.327 e. The molecule has 1 atom stereocenters. The highest BCUT2D eigenvalue weighted by Crippen LogP contribution is 2.33. The van der Waals surface area contributed by atoms with E-state index in [1.807, 2.05) is 0 Å². The van der Waals surface area contributed by atoms with Crippen LogP contribution in [0.25, 0.3) is 0 Å². The highest BCUT2D eigenvalue weighted by Gasteiger charge is 2.24. The highest BCUT2D eigenvalue weighted by molar-refractivity contribution is 4.92. The smallest absolute Gasteiger partial charge is 0.0241 e. The molecule has 0 saturated heterocycles. The molecule has 0 radical (unpaired) electrons. The molecule has 1 heteroatoms. The maximum atomic E-state index is 6.04. The van der Waals surface area contributed by atoms with E-state index < -0.39 is 0 Å². The summed E-state index contributed by atoms with van der Waals surface area (Å²) in [6.45, 7) is 2.27. The zero-order valence-electron chi connectivity index (χ0n) is 9.34. The molecule has 1 aliphatic carbocycles. The van der Waals surface area contributed by atoms with Crippen molar-refractivity contribution in [3.05, 3.63) is 0 Å². The summed E-state index contributed by atoms with van der Waals surface area (Å²) >= 11 is 0. The van der Waals surface area contributed by atoms with Crippen molar-refractivity contribution in [2.45, 2.75) is 57.9 Å². The molecule has 1 saturated carbocycles. The van der Waals surface area contributed by atoms with Gasteiger partial charge in [0.1, 0.15) is 0 Å². The summed E-state index contributed by atoms with van der Waals surface area (Å²) in [7, 11) is 0. The Morgan fingerprint density at radius 3 is 2.50 bits per heavy atom. The molecule has 0 aromatic carbocycles. The van der Waals surface area contributed by atoms with Crippen LogP contribution in [0.15, 0.2) is 0 Å². The van der Waals surface area contributed by atoms with Crippen LogP contribution in [0.5, 0.6) is 0 Å². The van der Waals surface area contributed by atoms with Gasteiger partial charge in [-0.3, -0.25) is 0 Å². The molecule has 1 unspecified atom stereocenters. The molecule has 0 aromatic rings. The minimum absolute atomic E-state index is 0.252. The first kappa shape index (κ1) is 11.6. The van der Waals surface area contributed by atoms with E-state index in [4.69, 9.17) is 12.2 Å². The molecule has 0 bridgehead atoms. The Hall–Kier alpha value is -0.480. The van der Waals surface area contributed by atoms with E-state index in [0.717, 1.165) is 12.3 Å². The summed E-state index contributed by atoms with van der Waals surface area (Å²) in [5.74, 6) is 4.34. The maximum absolute atomic E-state index is 6.04. The predicted molar refractivity (Wildman–Crippen MR) is 61.8 cm³/mol. The van der Waals surface area contributed by atoms with Gasteiger partial charge >= 0.3 is 0 Å². The van der Waals surface area contributed by atoms with Crippen molar-refractivity contribution >= 4 is 0 Å². The molecule has 1 rings (SSSR count). The molecule has 0 amide bonds. The highest BCUT2D eigenvalue weighted by atomic mass is 14.6. The van der Waals surface area contributed by atoms with Crippen molar-refractivity contribution in [1.82, 2.24) is 0 Å². The fourth-order valence-electron chi connectivity index (χ4n) is 2.62. The summed E-state index contributed by atoms with van der Waals surface area (Å²) in [5, 5.41) is 0. The van der Waals surface area contributed by atoms with Gasteiger partial charge in [0.15, 0.2) is 0 Å². The molecule has 0 aromatic heterocycles. The molecule has 14 heavy (non-hydrogen) atoms. The van der Waals surface area contributed by atoms with E-state index in [1.165, 1.54) is 38.5 Å². The zero-order chi connectivity index (χ0) is 10.4. The van der Waals surface area contributed by atoms with Gasteiger partial charge in [0.25, 0.3) is 0 Å². The van der Waals surface area contributed by atoms with Crippen molar-refractivity contribution in [3.8, 4) is 12.3 Å². The molecular formula is C13H23N. The number of rotatable bonds is 4. The van der Waals surface area contributed by atoms with Gasteiger partial charge in [-0.1, -0.05) is 32.6 Å². The monoisotopic (exact) mass is 193 g/mol. The van der Waals surface area contributed by atoms with Crippen LogP contribution in [0, 0.1) is 24.2 Å². The molecule has 0 heterocycles. The SMILES string of the molecule is C#CCC(N)C1CCC(CCC)CC1. The fraction of sp³-hybridized carbons (Fsp3) is 0.846. The zero-order valence-corrected chi connectivity index (χ0v) is 9.34. The summed E-state index contributed by atoms with van der Waals surface area (Å²) < 4.78 is 0. The topological polar surface area (TPSA) is 26.0 Å². The normalized spacial score (nSPS) is 29.5. The molecule has 1 fully saturated rings. The number of hydrogen-bond acceptors (Lipinski definition) is 1. The second-order valence-corrected chi connectivity index (χ2v) is 4.64. The lowest BCUT2D eigenvalue weighted by molar-refractivity contribution is 0.234. The van der Waals surface area contributed by atoms with Crippen LogP contribution in [-0.4, -0.2) is 6.04 Å². The third kappa shape index (κ3) is 3.35. The van der Waals surface area contributed by atoms with Crippen LogP contribution >= 0.6 is 0 Å². The Labute approximate surface area is 88.5 Å². The minimum Gasteiger partial charge on any atom is -0.327 e. The number of hydrogen-bond donors (Lipinski definition) is 1. The first-order chi connectivity index (χ1) is 6.77. The maximum Gasteiger partial charge on any atom is 0.0241 e. The van der Waals surface area contributed by atoms with E-state index >= 15 is 0 Å². The molecule has 0 spiro atoms. The average Bonchev–Trinajstić information content (AvgIpc) is 2.20. The predicted octanol–water partition coefficient (Wildman–Crippen LogP) is 2.94. The Balaban J connectivity index is 2.25. The summed E-state index contributed by atoms with van der Waals surface area (Å²) in [5.41, 5.74) is 6.04. The van der Waals surface area contributed by atoms with Gasteiger partial charge in [0.05, 0.1) is 0 Å². The molecule has 80 valence electrons. The van der Waals surface area contributed by atoms with Gasteiger partial charge in [0.2, 0.25) is 0 Å². The lowest BCUT2D eigenvalue weighted by Gasteiger charge is -2.31. The lowest BCUT2D eigenvalue weighted by Crippen LogP contribution is -2.32. The van der Waals surface area contributed by atoms with Crippen LogP contribution in [0.4, 0.5) is 0 Å². The molecule has 1 aliphatic rings. The van der Waals surface area contributed by atoms with E-state index in [0.29, 0.717) is 5.92 Å². The van der Waals surface area contributed by atoms with Crippen molar-refractivity contribution < 1.29 is 0 Å². The molecule has 1 nitrogen and oxygen atoms in total. The lowest BCUT2D eigenvalue weighted by atomic mass is 9.77. The second kappa shape index (κ2) is 6.09. The standard InChI is InChI=1S/C13H23N/c1-3-5-11-7-9-12(10-8-11)13(14)6-4-2/h2,11-13H,3,5-10,14H2,1H3. The average molecular weight is 193 g/mol. The van der Waals surface area contributed by atoms with Gasteiger partial charge in [-0.25, -0.2) is 0 Å². The van der Waals surface area contributed by atoms with Gasteiger partial charge in [-0.2, -0.15) is 0 Å². The summed E-state index contributed by atoms with van der Waals surface area (Å²) in [4.78, 5) is 0.